The van der Waals surface area contributed by atoms with Crippen LogP contribution in [0, 0.1) is 0 Å². The zero-order chi connectivity index (χ0) is 20.1. The van der Waals surface area contributed by atoms with Gasteiger partial charge >= 0.3 is 5.97 Å². The predicted molar refractivity (Wildman–Crippen MR) is 115 cm³/mol. The fraction of sp³-hybridized carbons (Fsp3) is 0.318. The number of rotatable bonds is 7. The maximum atomic E-state index is 12.6. The molecule has 7 heteroatoms. The molecule has 0 atom stereocenters. The minimum absolute atomic E-state index is 0.0380. The number of carbonyl (C=O) groups is 1. The molecule has 2 heterocycles. The van der Waals surface area contributed by atoms with Crippen molar-refractivity contribution in [3.05, 3.63) is 75.2 Å². The van der Waals surface area contributed by atoms with Gasteiger partial charge in [-0.2, -0.15) is 0 Å². The maximum Gasteiger partial charge on any atom is 0.340 e. The van der Waals surface area contributed by atoms with Crippen molar-refractivity contribution in [1.82, 2.24) is 9.38 Å². The highest BCUT2D eigenvalue weighted by Gasteiger charge is 2.14. The molecule has 1 aromatic carbocycles. The third-order valence-electron chi connectivity index (χ3n) is 5.00. The van der Waals surface area contributed by atoms with Crippen molar-refractivity contribution in [2.24, 2.45) is 0 Å². The summed E-state index contributed by atoms with van der Waals surface area (Å²) >= 11 is 1.37. The number of carbonyl (C=O) groups excluding carboxylic acids is 1. The molecule has 29 heavy (non-hydrogen) atoms. The van der Waals surface area contributed by atoms with Crippen molar-refractivity contribution in [3.63, 3.8) is 0 Å². The Labute approximate surface area is 172 Å². The standard InChI is InChI=1S/C22H23N3O3S/c26-20-14-17(24-22-25(20)12-13-29-22)15-28-21(27)18-8-4-5-9-19(18)23-11-10-16-6-2-1-3-7-16/h4-6,8-9,12-14,23H,1-3,7,10-11,15H2. The highest BCUT2D eigenvalue weighted by Crippen LogP contribution is 2.21. The molecule has 2 aromatic heterocycles. The molecule has 4 rings (SSSR count). The summed E-state index contributed by atoms with van der Waals surface area (Å²) in [4.78, 5) is 29.6. The Balaban J connectivity index is 1.39. The Morgan fingerprint density at radius 3 is 3.03 bits per heavy atom. The number of para-hydroxylation sites is 1. The summed E-state index contributed by atoms with van der Waals surface area (Å²) in [6.45, 7) is 0.743. The number of allylic oxidation sites excluding steroid dienone is 1. The molecule has 0 amide bonds. The fourth-order valence-corrected chi connectivity index (χ4v) is 4.22. The Morgan fingerprint density at radius 1 is 1.28 bits per heavy atom. The normalized spacial score (nSPS) is 13.9. The number of nitrogens with zero attached hydrogens (tertiary/aromatic N) is 2. The second kappa shape index (κ2) is 9.05. The summed E-state index contributed by atoms with van der Waals surface area (Å²) in [5.41, 5.74) is 3.00. The van der Waals surface area contributed by atoms with Crippen molar-refractivity contribution in [2.45, 2.75) is 38.7 Å². The van der Waals surface area contributed by atoms with Crippen LogP contribution in [0.15, 0.2) is 58.4 Å². The van der Waals surface area contributed by atoms with Gasteiger partial charge in [-0.3, -0.25) is 9.20 Å². The Bertz CT molecular complexity index is 1100. The smallest absolute Gasteiger partial charge is 0.340 e. The highest BCUT2D eigenvalue weighted by atomic mass is 32.1. The first kappa shape index (κ1) is 19.4. The molecule has 0 fully saturated rings. The molecule has 0 spiro atoms. The summed E-state index contributed by atoms with van der Waals surface area (Å²) in [6.07, 6.45) is 9.90. The third-order valence-corrected chi connectivity index (χ3v) is 5.76. The Kier molecular flexibility index (Phi) is 6.05. The van der Waals surface area contributed by atoms with Gasteiger partial charge in [-0.25, -0.2) is 9.78 Å². The molecule has 6 nitrogen and oxygen atoms in total. The summed E-state index contributed by atoms with van der Waals surface area (Å²) < 4.78 is 6.90. The molecule has 0 radical (unpaired) electrons. The molecule has 0 bridgehead atoms. The quantitative estimate of drug-likeness (QED) is 0.462. The lowest BCUT2D eigenvalue weighted by Gasteiger charge is -2.15. The zero-order valence-corrected chi connectivity index (χ0v) is 16.9. The molecular weight excluding hydrogens is 386 g/mol. The van der Waals surface area contributed by atoms with Gasteiger partial charge in [0, 0.05) is 29.9 Å². The number of fused-ring (bicyclic) bond motifs is 1. The number of hydrogen-bond donors (Lipinski definition) is 1. The highest BCUT2D eigenvalue weighted by molar-refractivity contribution is 7.15. The van der Waals surface area contributed by atoms with Crippen LogP contribution in [-0.2, 0) is 11.3 Å². The fourth-order valence-electron chi connectivity index (χ4n) is 3.48. The topological polar surface area (TPSA) is 72.7 Å². The van der Waals surface area contributed by atoms with Crippen LogP contribution < -0.4 is 10.9 Å². The van der Waals surface area contributed by atoms with E-state index in [1.807, 2.05) is 18.2 Å². The van der Waals surface area contributed by atoms with Crippen molar-refractivity contribution < 1.29 is 9.53 Å². The van der Waals surface area contributed by atoms with E-state index >= 15 is 0 Å². The van der Waals surface area contributed by atoms with Gasteiger partial charge in [-0.05, 0) is 44.2 Å². The minimum Gasteiger partial charge on any atom is -0.456 e. The largest absolute Gasteiger partial charge is 0.456 e. The number of aromatic nitrogens is 2. The van der Waals surface area contributed by atoms with Crippen LogP contribution in [0.5, 0.6) is 0 Å². The number of ether oxygens (including phenoxy) is 1. The summed E-state index contributed by atoms with van der Waals surface area (Å²) in [7, 11) is 0. The SMILES string of the molecule is O=C(OCc1cc(=O)n2ccsc2n1)c1ccccc1NCCC1=CCCCC1. The van der Waals surface area contributed by atoms with Crippen LogP contribution in [0.3, 0.4) is 0 Å². The van der Waals surface area contributed by atoms with E-state index in [0.717, 1.165) is 18.7 Å². The van der Waals surface area contributed by atoms with E-state index in [-0.39, 0.29) is 12.2 Å². The van der Waals surface area contributed by atoms with E-state index in [1.165, 1.54) is 53.1 Å². The van der Waals surface area contributed by atoms with Gasteiger partial charge in [0.15, 0.2) is 4.96 Å². The molecule has 150 valence electrons. The number of anilines is 1. The third kappa shape index (κ3) is 4.74. The van der Waals surface area contributed by atoms with Crippen LogP contribution in [0.4, 0.5) is 5.69 Å². The molecule has 1 aliphatic rings. The van der Waals surface area contributed by atoms with Crippen LogP contribution in [0.2, 0.25) is 0 Å². The van der Waals surface area contributed by atoms with E-state index in [4.69, 9.17) is 4.74 Å². The molecule has 1 N–H and O–H groups in total. The Hall–Kier alpha value is -2.93. The molecule has 0 saturated carbocycles. The summed E-state index contributed by atoms with van der Waals surface area (Å²) in [6, 6.07) is 8.73. The molecule has 0 saturated heterocycles. The minimum atomic E-state index is -0.432. The predicted octanol–water partition coefficient (Wildman–Crippen LogP) is 4.42. The second-order valence-electron chi connectivity index (χ2n) is 7.05. The number of thiazole rings is 1. The van der Waals surface area contributed by atoms with Crippen molar-refractivity contribution in [3.8, 4) is 0 Å². The van der Waals surface area contributed by atoms with E-state index < -0.39 is 5.97 Å². The van der Waals surface area contributed by atoms with Crippen molar-refractivity contribution >= 4 is 28.0 Å². The molecule has 3 aromatic rings. The molecule has 0 aliphatic heterocycles. The maximum absolute atomic E-state index is 12.6. The molecular formula is C22H23N3O3S. The van der Waals surface area contributed by atoms with Gasteiger partial charge in [0.2, 0.25) is 0 Å². The lowest BCUT2D eigenvalue weighted by molar-refractivity contribution is 0.0469. The lowest BCUT2D eigenvalue weighted by atomic mass is 9.97. The average molecular weight is 410 g/mol. The first-order valence-corrected chi connectivity index (χ1v) is 10.7. The van der Waals surface area contributed by atoms with Crippen LogP contribution in [0.25, 0.3) is 4.96 Å². The van der Waals surface area contributed by atoms with E-state index in [9.17, 15) is 9.59 Å². The van der Waals surface area contributed by atoms with Crippen LogP contribution >= 0.6 is 11.3 Å². The number of hydrogen-bond acceptors (Lipinski definition) is 6. The zero-order valence-electron chi connectivity index (χ0n) is 16.1. The summed E-state index contributed by atoms with van der Waals surface area (Å²) in [5, 5.41) is 5.16. The van der Waals surface area contributed by atoms with Gasteiger partial charge in [-0.1, -0.05) is 23.8 Å². The molecule has 0 unspecified atom stereocenters. The monoisotopic (exact) mass is 409 g/mol. The van der Waals surface area contributed by atoms with E-state index in [1.54, 1.807) is 17.6 Å². The Morgan fingerprint density at radius 2 is 2.17 bits per heavy atom. The lowest BCUT2D eigenvalue weighted by Crippen LogP contribution is -2.15. The number of benzene rings is 1. The second-order valence-corrected chi connectivity index (χ2v) is 7.92. The van der Waals surface area contributed by atoms with Crippen molar-refractivity contribution in [2.75, 3.05) is 11.9 Å². The average Bonchev–Trinajstić information content (AvgIpc) is 3.22. The number of nitrogens with one attached hydrogen (secondary N) is 1. The summed E-state index contributed by atoms with van der Waals surface area (Å²) in [5.74, 6) is -0.432. The van der Waals surface area contributed by atoms with Crippen molar-refractivity contribution in [1.29, 1.82) is 0 Å². The van der Waals surface area contributed by atoms with Crippen LogP contribution in [0.1, 0.15) is 48.2 Å². The first-order chi connectivity index (χ1) is 14.2. The van der Waals surface area contributed by atoms with Gasteiger partial charge in [0.05, 0.1) is 11.3 Å². The number of esters is 1. The van der Waals surface area contributed by atoms with E-state index in [2.05, 4.69) is 16.4 Å². The molecule has 1 aliphatic carbocycles. The van der Waals surface area contributed by atoms with Gasteiger partial charge in [0.25, 0.3) is 5.56 Å². The first-order valence-electron chi connectivity index (χ1n) is 9.84. The van der Waals surface area contributed by atoms with E-state index in [0.29, 0.717) is 16.2 Å². The van der Waals surface area contributed by atoms with Gasteiger partial charge < -0.3 is 10.1 Å². The van der Waals surface area contributed by atoms with Gasteiger partial charge in [0.1, 0.15) is 6.61 Å². The van der Waals surface area contributed by atoms with Gasteiger partial charge in [-0.15, -0.1) is 11.3 Å². The van der Waals surface area contributed by atoms with Crippen LogP contribution in [-0.4, -0.2) is 21.9 Å².